The molecule has 0 aliphatic carbocycles. The summed E-state index contributed by atoms with van der Waals surface area (Å²) in [5.74, 6) is 0.886. The Kier molecular flexibility index (Phi) is 4.67. The number of benzene rings is 2. The van der Waals surface area contributed by atoms with Crippen molar-refractivity contribution >= 4 is 11.8 Å². The fourth-order valence-corrected chi connectivity index (χ4v) is 3.85. The molecule has 1 aromatic heterocycles. The minimum Gasteiger partial charge on any atom is -0.319 e. The van der Waals surface area contributed by atoms with Gasteiger partial charge in [0.2, 0.25) is 0 Å². The first kappa shape index (κ1) is 18.3. The van der Waals surface area contributed by atoms with Gasteiger partial charge in [-0.15, -0.1) is 0 Å². The Morgan fingerprint density at radius 3 is 2.50 bits per heavy atom. The van der Waals surface area contributed by atoms with Crippen molar-refractivity contribution in [3.8, 4) is 0 Å². The van der Waals surface area contributed by atoms with Crippen molar-refractivity contribution < 1.29 is 4.79 Å². The number of nitrogens with one attached hydrogen (secondary N) is 1. The maximum atomic E-state index is 13.1. The molecule has 1 aliphatic rings. The van der Waals surface area contributed by atoms with Gasteiger partial charge in [-0.1, -0.05) is 54.6 Å². The van der Waals surface area contributed by atoms with E-state index in [-0.39, 0.29) is 17.5 Å². The molecule has 28 heavy (non-hydrogen) atoms. The van der Waals surface area contributed by atoms with Crippen molar-refractivity contribution in [1.29, 1.82) is 0 Å². The number of urea groups is 1. The summed E-state index contributed by atoms with van der Waals surface area (Å²) in [6, 6.07) is 20.6. The highest BCUT2D eigenvalue weighted by atomic mass is 16.2. The summed E-state index contributed by atoms with van der Waals surface area (Å²) >= 11 is 0. The summed E-state index contributed by atoms with van der Waals surface area (Å²) in [7, 11) is 0. The van der Waals surface area contributed by atoms with E-state index in [1.54, 1.807) is 6.20 Å². The lowest BCUT2D eigenvalue weighted by Gasteiger charge is -2.35. The van der Waals surface area contributed by atoms with Gasteiger partial charge in [0.25, 0.3) is 0 Å². The molecule has 0 saturated carbocycles. The summed E-state index contributed by atoms with van der Waals surface area (Å²) in [5.41, 5.74) is 3.53. The zero-order chi connectivity index (χ0) is 19.7. The van der Waals surface area contributed by atoms with Crippen LogP contribution in [0.25, 0.3) is 0 Å². The molecule has 1 unspecified atom stereocenters. The summed E-state index contributed by atoms with van der Waals surface area (Å²) in [5, 5.41) is 7.42. The van der Waals surface area contributed by atoms with Gasteiger partial charge in [-0.25, -0.2) is 9.48 Å². The Hall–Kier alpha value is -3.08. The van der Waals surface area contributed by atoms with E-state index in [0.29, 0.717) is 18.9 Å². The van der Waals surface area contributed by atoms with Gasteiger partial charge in [-0.3, -0.25) is 5.32 Å². The third-order valence-electron chi connectivity index (χ3n) is 5.20. The number of hydrogen-bond acceptors (Lipinski definition) is 2. The molecule has 0 saturated heterocycles. The summed E-state index contributed by atoms with van der Waals surface area (Å²) in [6.07, 6.45) is 1.72. The number of hydrogen-bond donors (Lipinski definition) is 1. The molecule has 5 nitrogen and oxygen atoms in total. The molecule has 4 rings (SSSR count). The molecule has 1 N–H and O–H groups in total. The summed E-state index contributed by atoms with van der Waals surface area (Å²) in [6.45, 7) is 7.46. The topological polar surface area (TPSA) is 50.2 Å². The highest BCUT2D eigenvalue weighted by Gasteiger charge is 2.29. The SMILES string of the molecule is CC(C)(C)n1nccc1NC(=O)N1Cc2ccccc2C(c2ccccc2)C1. The third-order valence-corrected chi connectivity index (χ3v) is 5.20. The maximum absolute atomic E-state index is 13.1. The standard InChI is InChI=1S/C23H26N4O/c1-23(2,3)27-21(13-14-24-27)25-22(28)26-15-18-11-7-8-12-19(18)20(16-26)17-9-5-4-6-10-17/h4-14,20H,15-16H2,1-3H3,(H,25,28). The normalized spacial score (nSPS) is 16.5. The van der Waals surface area contributed by atoms with Crippen LogP contribution in [0.5, 0.6) is 0 Å². The second kappa shape index (κ2) is 7.15. The number of nitrogens with zero attached hydrogens (tertiary/aromatic N) is 3. The predicted molar refractivity (Wildman–Crippen MR) is 111 cm³/mol. The molecule has 0 spiro atoms. The van der Waals surface area contributed by atoms with Crippen molar-refractivity contribution in [1.82, 2.24) is 14.7 Å². The maximum Gasteiger partial charge on any atom is 0.323 e. The number of fused-ring (bicyclic) bond motifs is 1. The Labute approximate surface area is 166 Å². The van der Waals surface area contributed by atoms with E-state index in [1.165, 1.54) is 16.7 Å². The van der Waals surface area contributed by atoms with E-state index < -0.39 is 0 Å². The van der Waals surface area contributed by atoms with Crippen molar-refractivity contribution in [3.63, 3.8) is 0 Å². The summed E-state index contributed by atoms with van der Waals surface area (Å²) in [4.78, 5) is 15.0. The van der Waals surface area contributed by atoms with Crippen LogP contribution < -0.4 is 5.32 Å². The molecule has 144 valence electrons. The van der Waals surface area contributed by atoms with Crippen molar-refractivity contribution in [2.75, 3.05) is 11.9 Å². The van der Waals surface area contributed by atoms with Gasteiger partial charge in [-0.2, -0.15) is 5.10 Å². The minimum atomic E-state index is -0.201. The fourth-order valence-electron chi connectivity index (χ4n) is 3.85. The highest BCUT2D eigenvalue weighted by Crippen LogP contribution is 2.33. The average molecular weight is 374 g/mol. The number of carbonyl (C=O) groups excluding carboxylic acids is 1. The Bertz CT molecular complexity index is 972. The molecule has 5 heteroatoms. The Morgan fingerprint density at radius 2 is 1.75 bits per heavy atom. The van der Waals surface area contributed by atoms with Crippen LogP contribution in [0, 0.1) is 0 Å². The van der Waals surface area contributed by atoms with Gasteiger partial charge in [-0.05, 0) is 37.5 Å². The van der Waals surface area contributed by atoms with Gasteiger partial charge in [0.15, 0.2) is 0 Å². The second-order valence-corrected chi connectivity index (χ2v) is 8.27. The van der Waals surface area contributed by atoms with E-state index in [9.17, 15) is 4.79 Å². The molecule has 0 bridgehead atoms. The van der Waals surface area contributed by atoms with Gasteiger partial charge >= 0.3 is 6.03 Å². The van der Waals surface area contributed by atoms with Gasteiger partial charge < -0.3 is 4.90 Å². The molecular formula is C23H26N4O. The van der Waals surface area contributed by atoms with Crippen molar-refractivity contribution in [2.24, 2.45) is 0 Å². The lowest BCUT2D eigenvalue weighted by atomic mass is 9.85. The van der Waals surface area contributed by atoms with Crippen molar-refractivity contribution in [2.45, 2.75) is 38.8 Å². The van der Waals surface area contributed by atoms with Crippen LogP contribution in [0.4, 0.5) is 10.6 Å². The van der Waals surface area contributed by atoms with Crippen LogP contribution in [-0.4, -0.2) is 27.3 Å². The molecule has 0 radical (unpaired) electrons. The lowest BCUT2D eigenvalue weighted by Crippen LogP contribution is -2.41. The number of aromatic nitrogens is 2. The fraction of sp³-hybridized carbons (Fsp3) is 0.304. The smallest absolute Gasteiger partial charge is 0.319 e. The average Bonchev–Trinajstić information content (AvgIpc) is 3.16. The van der Waals surface area contributed by atoms with Crippen LogP contribution >= 0.6 is 0 Å². The lowest BCUT2D eigenvalue weighted by molar-refractivity contribution is 0.202. The molecule has 2 heterocycles. The first-order chi connectivity index (χ1) is 13.4. The summed E-state index contributed by atoms with van der Waals surface area (Å²) < 4.78 is 1.84. The number of anilines is 1. The minimum absolute atomic E-state index is 0.0959. The number of rotatable bonds is 2. The van der Waals surface area contributed by atoms with Crippen LogP contribution in [0.2, 0.25) is 0 Å². The molecule has 1 atom stereocenters. The number of carbonyl (C=O) groups is 1. The quantitative estimate of drug-likeness (QED) is 0.699. The van der Waals surface area contributed by atoms with Crippen molar-refractivity contribution in [3.05, 3.63) is 83.6 Å². The van der Waals surface area contributed by atoms with Crippen LogP contribution in [0.15, 0.2) is 66.9 Å². The molecule has 1 aliphatic heterocycles. The molecular weight excluding hydrogens is 348 g/mol. The van der Waals surface area contributed by atoms with Crippen LogP contribution in [0.1, 0.15) is 43.4 Å². The van der Waals surface area contributed by atoms with Gasteiger partial charge in [0, 0.05) is 25.1 Å². The van der Waals surface area contributed by atoms with E-state index in [0.717, 1.165) is 0 Å². The van der Waals surface area contributed by atoms with Crippen LogP contribution in [0.3, 0.4) is 0 Å². The first-order valence-corrected chi connectivity index (χ1v) is 9.66. The largest absolute Gasteiger partial charge is 0.323 e. The molecule has 2 aromatic carbocycles. The van der Waals surface area contributed by atoms with Gasteiger partial charge in [0.05, 0.1) is 11.7 Å². The number of amides is 2. The predicted octanol–water partition coefficient (Wildman–Crippen LogP) is 4.82. The Balaban J connectivity index is 1.61. The zero-order valence-corrected chi connectivity index (χ0v) is 16.6. The third kappa shape index (κ3) is 3.52. The van der Waals surface area contributed by atoms with E-state index in [1.807, 2.05) is 27.8 Å². The van der Waals surface area contributed by atoms with E-state index in [4.69, 9.17) is 0 Å². The first-order valence-electron chi connectivity index (χ1n) is 9.66. The van der Waals surface area contributed by atoms with Gasteiger partial charge in [0.1, 0.15) is 5.82 Å². The zero-order valence-electron chi connectivity index (χ0n) is 16.6. The molecule has 3 aromatic rings. The monoisotopic (exact) mass is 374 g/mol. The van der Waals surface area contributed by atoms with Crippen LogP contribution in [-0.2, 0) is 12.1 Å². The van der Waals surface area contributed by atoms with E-state index >= 15 is 0 Å². The molecule has 0 fully saturated rings. The second-order valence-electron chi connectivity index (χ2n) is 8.27. The molecule has 2 amide bonds. The van der Waals surface area contributed by atoms with E-state index in [2.05, 4.69) is 73.7 Å². The Morgan fingerprint density at radius 1 is 1.04 bits per heavy atom. The highest BCUT2D eigenvalue weighted by molar-refractivity contribution is 5.88.